The smallest absolute Gasteiger partial charge is 0.288 e. The molecule has 0 spiro atoms. The molecule has 0 aliphatic carbocycles. The lowest BCUT2D eigenvalue weighted by Crippen LogP contribution is -2.49. The monoisotopic (exact) mass is 508 g/mol. The average molecular weight is 509 g/mol. The predicted octanol–water partition coefficient (Wildman–Crippen LogP) is 2.47. The molecular weight excluding hydrogens is 488 g/mol. The lowest BCUT2D eigenvalue weighted by Gasteiger charge is -2.33. The Hall–Kier alpha value is -3.35. The Morgan fingerprint density at radius 3 is 2.41 bits per heavy atom. The van der Waals surface area contributed by atoms with Crippen molar-refractivity contribution in [3.8, 4) is 0 Å². The molecule has 0 aromatic heterocycles. The summed E-state index contributed by atoms with van der Waals surface area (Å²) in [4.78, 5) is 51.8. The van der Waals surface area contributed by atoms with Gasteiger partial charge in [-0.25, -0.2) is 18.5 Å². The third kappa shape index (κ3) is 4.79. The van der Waals surface area contributed by atoms with Gasteiger partial charge in [0.2, 0.25) is 15.9 Å². The van der Waals surface area contributed by atoms with Gasteiger partial charge in [0.25, 0.3) is 17.5 Å². The van der Waals surface area contributed by atoms with E-state index in [0.29, 0.717) is 6.42 Å². The van der Waals surface area contributed by atoms with E-state index < -0.39 is 50.4 Å². The standard InChI is InChI=1S/C21H21ClN4O7S/c1-3-12(2)24(20(28)13-4-9-16(22)17(10-13)26(30)31)18-11-19(27)25(21(18)29)14-5-7-15(8-6-14)34(23,32)33/h4-10,12,18H,3,11H2,1-2H3,(H2,23,32,33). The molecule has 13 heteroatoms. The van der Waals surface area contributed by atoms with Gasteiger partial charge >= 0.3 is 0 Å². The number of nitrogens with two attached hydrogens (primary N) is 1. The van der Waals surface area contributed by atoms with Crippen LogP contribution in [0.25, 0.3) is 0 Å². The number of benzene rings is 2. The first-order valence-electron chi connectivity index (χ1n) is 10.1. The number of hydrogen-bond donors (Lipinski definition) is 1. The molecule has 0 bridgehead atoms. The van der Waals surface area contributed by atoms with Gasteiger partial charge in [-0.2, -0.15) is 0 Å². The Morgan fingerprint density at radius 1 is 1.26 bits per heavy atom. The number of rotatable bonds is 7. The van der Waals surface area contributed by atoms with Crippen molar-refractivity contribution in [1.82, 2.24) is 4.90 Å². The molecule has 34 heavy (non-hydrogen) atoms. The Balaban J connectivity index is 1.97. The van der Waals surface area contributed by atoms with E-state index in [1.165, 1.54) is 41.3 Å². The normalized spacial score (nSPS) is 17.1. The van der Waals surface area contributed by atoms with Crippen LogP contribution in [0.5, 0.6) is 0 Å². The molecule has 1 heterocycles. The van der Waals surface area contributed by atoms with Gasteiger partial charge in [0.1, 0.15) is 11.1 Å². The van der Waals surface area contributed by atoms with Crippen molar-refractivity contribution < 1.29 is 27.7 Å². The van der Waals surface area contributed by atoms with Crippen molar-refractivity contribution in [3.05, 3.63) is 63.2 Å². The van der Waals surface area contributed by atoms with Crippen molar-refractivity contribution in [1.29, 1.82) is 0 Å². The summed E-state index contributed by atoms with van der Waals surface area (Å²) >= 11 is 5.84. The maximum absolute atomic E-state index is 13.4. The molecule has 3 rings (SSSR count). The van der Waals surface area contributed by atoms with Gasteiger partial charge in [0.15, 0.2) is 0 Å². The van der Waals surface area contributed by atoms with Gasteiger partial charge < -0.3 is 4.90 Å². The quantitative estimate of drug-likeness (QED) is 0.341. The third-order valence-electron chi connectivity index (χ3n) is 5.57. The maximum atomic E-state index is 13.4. The summed E-state index contributed by atoms with van der Waals surface area (Å²) in [5.41, 5.74) is -0.377. The van der Waals surface area contributed by atoms with E-state index in [4.69, 9.17) is 16.7 Å². The average Bonchev–Trinajstić information content (AvgIpc) is 3.06. The van der Waals surface area contributed by atoms with E-state index in [9.17, 15) is 32.9 Å². The van der Waals surface area contributed by atoms with Gasteiger partial charge in [-0.3, -0.25) is 24.5 Å². The number of halogens is 1. The van der Waals surface area contributed by atoms with E-state index in [2.05, 4.69) is 0 Å². The summed E-state index contributed by atoms with van der Waals surface area (Å²) in [5, 5.41) is 16.2. The molecule has 1 fully saturated rings. The number of imide groups is 1. The van der Waals surface area contributed by atoms with Crippen molar-refractivity contribution in [3.63, 3.8) is 0 Å². The molecule has 2 aromatic carbocycles. The first-order chi connectivity index (χ1) is 15.9. The lowest BCUT2D eigenvalue weighted by atomic mass is 10.1. The van der Waals surface area contributed by atoms with Gasteiger partial charge in [-0.15, -0.1) is 0 Å². The molecule has 180 valence electrons. The molecule has 2 atom stereocenters. The fourth-order valence-electron chi connectivity index (χ4n) is 3.67. The Kier molecular flexibility index (Phi) is 7.05. The zero-order chi connectivity index (χ0) is 25.4. The summed E-state index contributed by atoms with van der Waals surface area (Å²) in [7, 11) is -3.96. The number of sulfonamides is 1. The number of nitro benzene ring substituents is 1. The van der Waals surface area contributed by atoms with Crippen molar-refractivity contribution in [2.45, 2.75) is 43.7 Å². The number of primary sulfonamides is 1. The summed E-state index contributed by atoms with van der Waals surface area (Å²) < 4.78 is 23.0. The second-order valence-electron chi connectivity index (χ2n) is 7.72. The van der Waals surface area contributed by atoms with Crippen LogP contribution in [-0.2, 0) is 19.6 Å². The van der Waals surface area contributed by atoms with Crippen molar-refractivity contribution in [2.24, 2.45) is 5.14 Å². The second kappa shape index (κ2) is 9.49. The molecule has 3 amide bonds. The predicted molar refractivity (Wildman–Crippen MR) is 123 cm³/mol. The zero-order valence-corrected chi connectivity index (χ0v) is 19.7. The van der Waals surface area contributed by atoms with Gasteiger partial charge in [-0.1, -0.05) is 18.5 Å². The maximum Gasteiger partial charge on any atom is 0.288 e. The molecule has 2 aromatic rings. The highest BCUT2D eigenvalue weighted by Gasteiger charge is 2.46. The van der Waals surface area contributed by atoms with E-state index >= 15 is 0 Å². The SMILES string of the molecule is CCC(C)N(C(=O)c1ccc(Cl)c([N+](=O)[O-])c1)C1CC(=O)N(c2ccc(S(N)(=O)=O)cc2)C1=O. The number of nitrogens with zero attached hydrogens (tertiary/aromatic N) is 3. The Labute approximate surface area is 200 Å². The van der Waals surface area contributed by atoms with Crippen LogP contribution < -0.4 is 10.0 Å². The van der Waals surface area contributed by atoms with Crippen LogP contribution in [0.2, 0.25) is 5.02 Å². The molecule has 0 radical (unpaired) electrons. The molecular formula is C21H21ClN4O7S. The minimum atomic E-state index is -3.96. The highest BCUT2D eigenvalue weighted by Crippen LogP contribution is 2.31. The first kappa shape index (κ1) is 25.3. The number of carbonyl (C=O) groups excluding carboxylic acids is 3. The fraction of sp³-hybridized carbons (Fsp3) is 0.286. The van der Waals surface area contributed by atoms with Crippen molar-refractivity contribution >= 4 is 50.7 Å². The summed E-state index contributed by atoms with van der Waals surface area (Å²) in [6, 6.07) is 6.83. The van der Waals surface area contributed by atoms with E-state index in [-0.39, 0.29) is 27.6 Å². The topological polar surface area (TPSA) is 161 Å². The molecule has 2 N–H and O–H groups in total. The van der Waals surface area contributed by atoms with Crippen LogP contribution in [0.4, 0.5) is 11.4 Å². The van der Waals surface area contributed by atoms with Crippen molar-refractivity contribution in [2.75, 3.05) is 4.90 Å². The third-order valence-corrected chi connectivity index (χ3v) is 6.82. The summed E-state index contributed by atoms with van der Waals surface area (Å²) in [6.45, 7) is 3.49. The molecule has 1 saturated heterocycles. The minimum Gasteiger partial charge on any atom is -0.323 e. The van der Waals surface area contributed by atoms with Crippen LogP contribution in [0.15, 0.2) is 47.4 Å². The first-order valence-corrected chi connectivity index (χ1v) is 12.1. The molecule has 1 aliphatic rings. The van der Waals surface area contributed by atoms with Gasteiger partial charge in [-0.05, 0) is 49.7 Å². The zero-order valence-electron chi connectivity index (χ0n) is 18.2. The highest BCUT2D eigenvalue weighted by atomic mass is 35.5. The minimum absolute atomic E-state index is 0.0485. The molecule has 11 nitrogen and oxygen atoms in total. The fourth-order valence-corrected chi connectivity index (χ4v) is 4.37. The van der Waals surface area contributed by atoms with E-state index in [1.54, 1.807) is 13.8 Å². The molecule has 1 aliphatic heterocycles. The van der Waals surface area contributed by atoms with E-state index in [1.807, 2.05) is 0 Å². The Bertz CT molecular complexity index is 1280. The van der Waals surface area contributed by atoms with Crippen LogP contribution in [0.1, 0.15) is 37.0 Å². The molecule has 2 unspecified atom stereocenters. The van der Waals surface area contributed by atoms with Gasteiger partial charge in [0, 0.05) is 17.7 Å². The number of carbonyl (C=O) groups is 3. The number of nitro groups is 1. The number of amides is 3. The summed E-state index contributed by atoms with van der Waals surface area (Å²) in [5.74, 6) is -1.92. The van der Waals surface area contributed by atoms with Crippen LogP contribution >= 0.6 is 11.6 Å². The lowest BCUT2D eigenvalue weighted by molar-refractivity contribution is -0.384. The molecule has 0 saturated carbocycles. The number of hydrogen-bond acceptors (Lipinski definition) is 7. The second-order valence-corrected chi connectivity index (χ2v) is 9.69. The Morgan fingerprint density at radius 2 is 1.88 bits per heavy atom. The van der Waals surface area contributed by atoms with Crippen LogP contribution in [0.3, 0.4) is 0 Å². The van der Waals surface area contributed by atoms with E-state index in [0.717, 1.165) is 11.0 Å². The van der Waals surface area contributed by atoms with Crippen LogP contribution in [0, 0.1) is 10.1 Å². The van der Waals surface area contributed by atoms with Gasteiger partial charge in [0.05, 0.1) is 21.9 Å². The summed E-state index contributed by atoms with van der Waals surface area (Å²) in [6.07, 6.45) is 0.143. The largest absolute Gasteiger partial charge is 0.323 e. The highest BCUT2D eigenvalue weighted by molar-refractivity contribution is 7.89. The van der Waals surface area contributed by atoms with Crippen LogP contribution in [-0.4, -0.2) is 48.0 Å². The number of anilines is 1.